The summed E-state index contributed by atoms with van der Waals surface area (Å²) in [6.07, 6.45) is 1.61. The molecule has 0 N–H and O–H groups in total. The van der Waals surface area contributed by atoms with Crippen molar-refractivity contribution in [2.24, 2.45) is 5.92 Å². The zero-order valence-electron chi connectivity index (χ0n) is 12.9. The summed E-state index contributed by atoms with van der Waals surface area (Å²) in [7, 11) is 0. The van der Waals surface area contributed by atoms with Crippen LogP contribution in [0.25, 0.3) is 0 Å². The van der Waals surface area contributed by atoms with Crippen LogP contribution in [0.1, 0.15) is 50.3 Å². The normalized spacial score (nSPS) is 11.1. The molecule has 1 heterocycles. The Kier molecular flexibility index (Phi) is 7.22. The monoisotopic (exact) mass is 283 g/mol. The molecule has 1 rings (SSSR count). The highest BCUT2D eigenvalue weighted by atomic mass is 16.5. The summed E-state index contributed by atoms with van der Waals surface area (Å²) in [5, 5.41) is 8.06. The van der Waals surface area contributed by atoms with Gasteiger partial charge in [0, 0.05) is 19.8 Å². The molecule has 0 aliphatic carbocycles. The fraction of sp³-hybridized carbons (Fsp3) is 0.786. The topological polar surface area (TPSA) is 66.2 Å². The summed E-state index contributed by atoms with van der Waals surface area (Å²) in [5.41, 5.74) is 1.20. The number of ether oxygens (including phenoxy) is 2. The van der Waals surface area contributed by atoms with E-state index in [4.69, 9.17) is 9.47 Å². The van der Waals surface area contributed by atoms with Gasteiger partial charge in [-0.2, -0.15) is 0 Å². The molecule has 6 heteroatoms. The van der Waals surface area contributed by atoms with Crippen LogP contribution in [0.2, 0.25) is 0 Å². The Morgan fingerprint density at radius 2 is 2.05 bits per heavy atom. The number of aryl methyl sites for hydroxylation is 1. The van der Waals surface area contributed by atoms with Gasteiger partial charge < -0.3 is 9.47 Å². The van der Waals surface area contributed by atoms with Crippen LogP contribution in [0.5, 0.6) is 0 Å². The molecule has 0 spiro atoms. The van der Waals surface area contributed by atoms with E-state index in [9.17, 15) is 4.79 Å². The lowest BCUT2D eigenvalue weighted by Crippen LogP contribution is -2.14. The van der Waals surface area contributed by atoms with E-state index in [0.29, 0.717) is 38.0 Å². The number of rotatable bonds is 9. The molecule has 0 atom stereocenters. The van der Waals surface area contributed by atoms with Gasteiger partial charge in [-0.3, -0.25) is 0 Å². The Labute approximate surface area is 120 Å². The molecule has 1 aromatic heterocycles. The van der Waals surface area contributed by atoms with Crippen molar-refractivity contribution in [1.29, 1.82) is 0 Å². The summed E-state index contributed by atoms with van der Waals surface area (Å²) < 4.78 is 12.1. The molecule has 0 saturated heterocycles. The molecule has 0 aliphatic heterocycles. The summed E-state index contributed by atoms with van der Waals surface area (Å²) >= 11 is 0. The van der Waals surface area contributed by atoms with Gasteiger partial charge in [0.25, 0.3) is 0 Å². The van der Waals surface area contributed by atoms with Gasteiger partial charge >= 0.3 is 5.97 Å². The third-order valence-electron chi connectivity index (χ3n) is 2.77. The summed E-state index contributed by atoms with van der Waals surface area (Å²) in [4.78, 5) is 11.9. The summed E-state index contributed by atoms with van der Waals surface area (Å²) in [5.74, 6) is 0.0338. The van der Waals surface area contributed by atoms with E-state index < -0.39 is 0 Å². The molecule has 0 fully saturated rings. The van der Waals surface area contributed by atoms with Crippen molar-refractivity contribution in [1.82, 2.24) is 15.0 Å². The highest BCUT2D eigenvalue weighted by Gasteiger charge is 2.21. The average molecular weight is 283 g/mol. The lowest BCUT2D eigenvalue weighted by Gasteiger charge is -2.10. The molecular formula is C14H25N3O3. The van der Waals surface area contributed by atoms with Crippen molar-refractivity contribution >= 4 is 5.97 Å². The molecule has 0 amide bonds. The van der Waals surface area contributed by atoms with Gasteiger partial charge in [-0.25, -0.2) is 9.48 Å². The number of carbonyl (C=O) groups excluding carboxylic acids is 1. The van der Waals surface area contributed by atoms with Crippen LogP contribution in [0, 0.1) is 5.92 Å². The minimum atomic E-state index is -0.390. The van der Waals surface area contributed by atoms with Crippen LogP contribution in [0.3, 0.4) is 0 Å². The third kappa shape index (κ3) is 4.92. The van der Waals surface area contributed by atoms with Crippen LogP contribution < -0.4 is 0 Å². The smallest absolute Gasteiger partial charge is 0.360 e. The number of carbonyl (C=O) groups is 1. The Balaban J connectivity index is 2.79. The Morgan fingerprint density at radius 3 is 2.65 bits per heavy atom. The maximum atomic E-state index is 11.9. The molecule has 114 valence electrons. The van der Waals surface area contributed by atoms with Crippen LogP contribution in [0.15, 0.2) is 0 Å². The highest BCUT2D eigenvalue weighted by Crippen LogP contribution is 2.13. The van der Waals surface area contributed by atoms with Crippen LogP contribution >= 0.6 is 0 Å². The Hall–Kier alpha value is -1.43. The van der Waals surface area contributed by atoms with E-state index in [2.05, 4.69) is 24.2 Å². The Morgan fingerprint density at radius 1 is 1.30 bits per heavy atom. The van der Waals surface area contributed by atoms with Gasteiger partial charge in [0.1, 0.15) is 0 Å². The van der Waals surface area contributed by atoms with Gasteiger partial charge in [-0.1, -0.05) is 19.1 Å². The lowest BCUT2D eigenvalue weighted by molar-refractivity contribution is 0.0517. The van der Waals surface area contributed by atoms with E-state index >= 15 is 0 Å². The van der Waals surface area contributed by atoms with Gasteiger partial charge in [0.05, 0.1) is 12.3 Å². The third-order valence-corrected chi connectivity index (χ3v) is 2.77. The minimum absolute atomic E-state index is 0.344. The van der Waals surface area contributed by atoms with E-state index in [-0.39, 0.29) is 5.97 Å². The largest absolute Gasteiger partial charge is 0.461 e. The first-order valence-electron chi connectivity index (χ1n) is 7.27. The van der Waals surface area contributed by atoms with Gasteiger partial charge in [0.2, 0.25) is 0 Å². The maximum absolute atomic E-state index is 11.9. The standard InChI is InChI=1S/C14H25N3O3/c1-5-19-9-7-8-17-12(10-11(3)4)13(15-16-17)14(18)20-6-2/h11H,5-10H2,1-4H3. The zero-order chi connectivity index (χ0) is 15.0. The van der Waals surface area contributed by atoms with E-state index in [0.717, 1.165) is 18.5 Å². The number of aromatic nitrogens is 3. The first kappa shape index (κ1) is 16.6. The van der Waals surface area contributed by atoms with E-state index in [1.54, 1.807) is 11.6 Å². The summed E-state index contributed by atoms with van der Waals surface area (Å²) in [6, 6.07) is 0. The molecule has 0 unspecified atom stereocenters. The molecule has 20 heavy (non-hydrogen) atoms. The molecule has 0 radical (unpaired) electrons. The SMILES string of the molecule is CCOCCCn1nnc(C(=O)OCC)c1CC(C)C. The number of hydrogen-bond acceptors (Lipinski definition) is 5. The second kappa shape index (κ2) is 8.68. The summed E-state index contributed by atoms with van der Waals surface area (Å²) in [6.45, 7) is 10.4. The van der Waals surface area contributed by atoms with Gasteiger partial charge in [-0.05, 0) is 32.6 Å². The minimum Gasteiger partial charge on any atom is -0.461 e. The highest BCUT2D eigenvalue weighted by molar-refractivity contribution is 5.88. The average Bonchev–Trinajstić information content (AvgIpc) is 2.77. The second-order valence-electron chi connectivity index (χ2n) is 4.98. The van der Waals surface area contributed by atoms with Gasteiger partial charge in [0.15, 0.2) is 5.69 Å². The predicted octanol–water partition coefficient (Wildman–Crippen LogP) is 2.08. The van der Waals surface area contributed by atoms with E-state index in [1.165, 1.54) is 0 Å². The van der Waals surface area contributed by atoms with Crippen LogP contribution in [0.4, 0.5) is 0 Å². The zero-order valence-corrected chi connectivity index (χ0v) is 12.9. The fourth-order valence-corrected chi connectivity index (χ4v) is 1.92. The quantitative estimate of drug-likeness (QED) is 0.513. The molecule has 6 nitrogen and oxygen atoms in total. The number of esters is 1. The molecule has 0 saturated carbocycles. The van der Waals surface area contributed by atoms with Gasteiger partial charge in [-0.15, -0.1) is 5.10 Å². The van der Waals surface area contributed by atoms with Crippen molar-refractivity contribution in [3.8, 4) is 0 Å². The van der Waals surface area contributed by atoms with Crippen molar-refractivity contribution in [3.63, 3.8) is 0 Å². The van der Waals surface area contributed by atoms with Crippen molar-refractivity contribution in [2.45, 2.75) is 47.1 Å². The first-order chi connectivity index (χ1) is 9.60. The molecule has 1 aromatic rings. The van der Waals surface area contributed by atoms with Crippen molar-refractivity contribution < 1.29 is 14.3 Å². The Bertz CT molecular complexity index is 416. The molecule has 0 bridgehead atoms. The number of hydrogen-bond donors (Lipinski definition) is 0. The van der Waals surface area contributed by atoms with E-state index in [1.807, 2.05) is 6.92 Å². The lowest BCUT2D eigenvalue weighted by atomic mass is 10.1. The van der Waals surface area contributed by atoms with Crippen molar-refractivity contribution in [3.05, 3.63) is 11.4 Å². The first-order valence-corrected chi connectivity index (χ1v) is 7.27. The maximum Gasteiger partial charge on any atom is 0.360 e. The molecule has 0 aromatic carbocycles. The molecule has 0 aliphatic rings. The molecular weight excluding hydrogens is 258 g/mol. The predicted molar refractivity (Wildman–Crippen MR) is 75.6 cm³/mol. The second-order valence-corrected chi connectivity index (χ2v) is 4.98. The fourth-order valence-electron chi connectivity index (χ4n) is 1.92. The van der Waals surface area contributed by atoms with Crippen LogP contribution in [-0.4, -0.2) is 40.8 Å². The van der Waals surface area contributed by atoms with Crippen molar-refractivity contribution in [2.75, 3.05) is 19.8 Å². The van der Waals surface area contributed by atoms with Crippen LogP contribution in [-0.2, 0) is 22.4 Å². The number of nitrogens with zero attached hydrogens (tertiary/aromatic N) is 3.